The maximum atomic E-state index is 11.8. The molecule has 0 saturated heterocycles. The summed E-state index contributed by atoms with van der Waals surface area (Å²) in [6, 6.07) is 0.312. The summed E-state index contributed by atoms with van der Waals surface area (Å²) in [6.45, 7) is 8.98. The molecule has 1 N–H and O–H groups in total. The lowest BCUT2D eigenvalue weighted by molar-refractivity contribution is -0.117. The van der Waals surface area contributed by atoms with Gasteiger partial charge in [-0.25, -0.2) is 0 Å². The van der Waals surface area contributed by atoms with Crippen molar-refractivity contribution in [2.45, 2.75) is 46.7 Å². The van der Waals surface area contributed by atoms with Crippen LogP contribution in [0.15, 0.2) is 0 Å². The number of carbonyl (C=O) groups excluding carboxylic acids is 1. The molecule has 17 heavy (non-hydrogen) atoms. The molecule has 0 saturated carbocycles. The predicted molar refractivity (Wildman–Crippen MR) is 69.5 cm³/mol. The fourth-order valence-electron chi connectivity index (χ4n) is 1.61. The Balaban J connectivity index is 2.70. The number of Topliss-reactive ketones (excluding diaryl/α,β-unsaturated/α-hetero) is 1. The van der Waals surface area contributed by atoms with Gasteiger partial charge in [-0.05, 0) is 13.8 Å². The second-order valence-electron chi connectivity index (χ2n) is 4.41. The van der Waals surface area contributed by atoms with Crippen molar-refractivity contribution in [2.75, 3.05) is 6.54 Å². The third kappa shape index (κ3) is 3.82. The van der Waals surface area contributed by atoms with Crippen molar-refractivity contribution in [2.24, 2.45) is 0 Å². The molecule has 0 aliphatic heterocycles. The quantitative estimate of drug-likeness (QED) is 0.848. The van der Waals surface area contributed by atoms with Crippen molar-refractivity contribution in [1.29, 1.82) is 0 Å². The molecular weight excluding hydrogens is 238 g/mol. The minimum Gasteiger partial charge on any atom is -0.308 e. The maximum Gasteiger partial charge on any atom is 0.152 e. The van der Waals surface area contributed by atoms with Gasteiger partial charge in [0.2, 0.25) is 0 Å². The molecule has 0 aliphatic carbocycles. The first-order valence-corrected chi connectivity index (χ1v) is 6.30. The fraction of sp³-hybridized carbons (Fsp3) is 0.667. The van der Waals surface area contributed by atoms with Gasteiger partial charge in [0.25, 0.3) is 0 Å². The number of rotatable bonds is 6. The van der Waals surface area contributed by atoms with Crippen molar-refractivity contribution in [3.63, 3.8) is 0 Å². The second-order valence-corrected chi connectivity index (χ2v) is 4.79. The molecule has 96 valence electrons. The van der Waals surface area contributed by atoms with E-state index in [9.17, 15) is 4.79 Å². The van der Waals surface area contributed by atoms with E-state index in [0.717, 1.165) is 17.9 Å². The van der Waals surface area contributed by atoms with E-state index in [4.69, 9.17) is 11.6 Å². The van der Waals surface area contributed by atoms with Crippen LogP contribution in [-0.2, 0) is 17.8 Å². The Labute approximate surface area is 107 Å². The largest absolute Gasteiger partial charge is 0.308 e. The minimum atomic E-state index is 0.134. The number of halogens is 1. The number of ketones is 1. The molecule has 0 fully saturated rings. The van der Waals surface area contributed by atoms with Crippen LogP contribution in [0, 0.1) is 6.92 Å². The predicted octanol–water partition coefficient (Wildman–Crippen LogP) is 1.97. The lowest BCUT2D eigenvalue weighted by atomic mass is 10.2. The third-order valence-electron chi connectivity index (χ3n) is 2.52. The summed E-state index contributed by atoms with van der Waals surface area (Å²) in [5.41, 5.74) is 1.61. The molecule has 0 radical (unpaired) electrons. The van der Waals surface area contributed by atoms with Crippen LogP contribution in [0.4, 0.5) is 0 Å². The summed E-state index contributed by atoms with van der Waals surface area (Å²) in [5.74, 6) is 0.134. The highest BCUT2D eigenvalue weighted by atomic mass is 35.5. The average molecular weight is 258 g/mol. The van der Waals surface area contributed by atoms with Crippen LogP contribution >= 0.6 is 11.6 Å². The van der Waals surface area contributed by atoms with E-state index in [0.29, 0.717) is 24.0 Å². The molecule has 0 aliphatic rings. The van der Waals surface area contributed by atoms with Crippen LogP contribution in [-0.4, -0.2) is 28.2 Å². The van der Waals surface area contributed by atoms with Gasteiger partial charge in [-0.3, -0.25) is 9.48 Å². The SMILES string of the molecule is CCn1nc(C)c(Cl)c1CC(=O)CNC(C)C. The molecule has 5 heteroatoms. The van der Waals surface area contributed by atoms with Crippen molar-refractivity contribution in [1.82, 2.24) is 15.1 Å². The highest BCUT2D eigenvalue weighted by Gasteiger charge is 2.15. The summed E-state index contributed by atoms with van der Waals surface area (Å²) < 4.78 is 1.80. The van der Waals surface area contributed by atoms with Crippen molar-refractivity contribution < 1.29 is 4.79 Å². The van der Waals surface area contributed by atoms with E-state index in [1.807, 2.05) is 27.7 Å². The molecule has 1 aromatic heterocycles. The second kappa shape index (κ2) is 6.17. The Kier molecular flexibility index (Phi) is 5.15. The minimum absolute atomic E-state index is 0.134. The molecule has 1 heterocycles. The Morgan fingerprint density at radius 3 is 2.71 bits per heavy atom. The molecule has 0 atom stereocenters. The number of nitrogens with one attached hydrogen (secondary N) is 1. The van der Waals surface area contributed by atoms with Crippen LogP contribution in [0.3, 0.4) is 0 Å². The van der Waals surface area contributed by atoms with Crippen molar-refractivity contribution in [3.8, 4) is 0 Å². The topological polar surface area (TPSA) is 46.9 Å². The smallest absolute Gasteiger partial charge is 0.152 e. The molecule has 0 amide bonds. The molecular formula is C12H20ClN3O. The fourth-order valence-corrected chi connectivity index (χ4v) is 1.81. The number of carbonyl (C=O) groups is 1. The zero-order valence-corrected chi connectivity index (χ0v) is 11.6. The molecule has 0 aromatic carbocycles. The zero-order valence-electron chi connectivity index (χ0n) is 10.9. The van der Waals surface area contributed by atoms with Crippen LogP contribution in [0.1, 0.15) is 32.2 Å². The van der Waals surface area contributed by atoms with E-state index >= 15 is 0 Å². The Morgan fingerprint density at radius 1 is 1.53 bits per heavy atom. The summed E-state index contributed by atoms with van der Waals surface area (Å²) in [6.07, 6.45) is 0.341. The van der Waals surface area contributed by atoms with Gasteiger partial charge in [-0.1, -0.05) is 25.4 Å². The summed E-state index contributed by atoms with van der Waals surface area (Å²) in [7, 11) is 0. The van der Waals surface area contributed by atoms with Gasteiger partial charge in [0.1, 0.15) is 0 Å². The summed E-state index contributed by atoms with van der Waals surface area (Å²) in [4.78, 5) is 11.8. The van der Waals surface area contributed by atoms with Crippen LogP contribution < -0.4 is 5.32 Å². The molecule has 0 unspecified atom stereocenters. The molecule has 4 nitrogen and oxygen atoms in total. The van der Waals surface area contributed by atoms with Gasteiger partial charge in [0, 0.05) is 12.6 Å². The van der Waals surface area contributed by atoms with Crippen LogP contribution in [0.5, 0.6) is 0 Å². The van der Waals surface area contributed by atoms with Crippen LogP contribution in [0.2, 0.25) is 5.02 Å². The molecule has 0 bridgehead atoms. The zero-order chi connectivity index (χ0) is 13.0. The number of aromatic nitrogens is 2. The first-order chi connectivity index (χ1) is 7.95. The van der Waals surface area contributed by atoms with Gasteiger partial charge in [-0.2, -0.15) is 5.10 Å². The summed E-state index contributed by atoms with van der Waals surface area (Å²) in [5, 5.41) is 8.01. The molecule has 1 aromatic rings. The normalized spacial score (nSPS) is 11.2. The Hall–Kier alpha value is -0.870. The van der Waals surface area contributed by atoms with Crippen LogP contribution in [0.25, 0.3) is 0 Å². The van der Waals surface area contributed by atoms with Gasteiger partial charge in [0.15, 0.2) is 5.78 Å². The highest BCUT2D eigenvalue weighted by molar-refractivity contribution is 6.32. The monoisotopic (exact) mass is 257 g/mol. The highest BCUT2D eigenvalue weighted by Crippen LogP contribution is 2.20. The first kappa shape index (κ1) is 14.2. The number of hydrogen-bond acceptors (Lipinski definition) is 3. The first-order valence-electron chi connectivity index (χ1n) is 5.92. The number of aryl methyl sites for hydroxylation is 2. The number of nitrogens with zero attached hydrogens (tertiary/aromatic N) is 2. The van der Waals surface area contributed by atoms with Gasteiger partial charge in [0.05, 0.1) is 29.4 Å². The van der Waals surface area contributed by atoms with Gasteiger partial charge in [-0.15, -0.1) is 0 Å². The Morgan fingerprint density at radius 2 is 2.18 bits per heavy atom. The van der Waals surface area contributed by atoms with Gasteiger partial charge < -0.3 is 5.32 Å². The maximum absolute atomic E-state index is 11.8. The Bertz CT molecular complexity index is 399. The van der Waals surface area contributed by atoms with E-state index in [2.05, 4.69) is 10.4 Å². The standard InChI is InChI=1S/C12H20ClN3O/c1-5-16-11(12(13)9(4)15-16)6-10(17)7-14-8(2)3/h8,14H,5-7H2,1-4H3. The van der Waals surface area contributed by atoms with Crippen molar-refractivity contribution >= 4 is 17.4 Å². The molecule has 1 rings (SSSR count). The summed E-state index contributed by atoms with van der Waals surface area (Å²) >= 11 is 6.14. The lowest BCUT2D eigenvalue weighted by Gasteiger charge is -2.08. The van der Waals surface area contributed by atoms with Gasteiger partial charge >= 0.3 is 0 Å². The van der Waals surface area contributed by atoms with E-state index < -0.39 is 0 Å². The van der Waals surface area contributed by atoms with E-state index in [1.165, 1.54) is 0 Å². The average Bonchev–Trinajstić information content (AvgIpc) is 2.54. The number of hydrogen-bond donors (Lipinski definition) is 1. The molecule has 0 spiro atoms. The third-order valence-corrected chi connectivity index (χ3v) is 3.02. The lowest BCUT2D eigenvalue weighted by Crippen LogP contribution is -2.30. The van der Waals surface area contributed by atoms with Crippen molar-refractivity contribution in [3.05, 3.63) is 16.4 Å². The van der Waals surface area contributed by atoms with E-state index in [1.54, 1.807) is 4.68 Å². The van der Waals surface area contributed by atoms with E-state index in [-0.39, 0.29) is 5.78 Å².